The summed E-state index contributed by atoms with van der Waals surface area (Å²) in [5.74, 6) is 0.909. The molecule has 16 heavy (non-hydrogen) atoms. The third-order valence-corrected chi connectivity index (χ3v) is 2.51. The zero-order valence-electron chi connectivity index (χ0n) is 10.5. The number of benzene rings is 1. The van der Waals surface area contributed by atoms with Gasteiger partial charge in [0, 0.05) is 13.1 Å². The third kappa shape index (κ3) is 4.07. The highest BCUT2D eigenvalue weighted by Crippen LogP contribution is 2.13. The van der Waals surface area contributed by atoms with E-state index in [9.17, 15) is 0 Å². The molecule has 2 nitrogen and oxygen atoms in total. The standard InChI is InChI=1S/C14H21NO/c1-5-15(10-12(2)3)11-13-6-8-14(16-4)9-7-13/h6-9H,2,5,10-11H2,1,3-4H3. The molecule has 0 fully saturated rings. The molecular formula is C14H21NO. The van der Waals surface area contributed by atoms with E-state index in [1.165, 1.54) is 11.1 Å². The average Bonchev–Trinajstić information content (AvgIpc) is 2.28. The van der Waals surface area contributed by atoms with Crippen molar-refractivity contribution in [2.24, 2.45) is 0 Å². The van der Waals surface area contributed by atoms with Crippen molar-refractivity contribution in [1.29, 1.82) is 0 Å². The molecule has 0 saturated heterocycles. The molecule has 1 aromatic carbocycles. The van der Waals surface area contributed by atoms with E-state index in [-0.39, 0.29) is 0 Å². The molecule has 0 saturated carbocycles. The van der Waals surface area contributed by atoms with E-state index in [1.54, 1.807) is 7.11 Å². The van der Waals surface area contributed by atoms with Crippen LogP contribution in [0, 0.1) is 0 Å². The lowest BCUT2D eigenvalue weighted by Gasteiger charge is -2.20. The van der Waals surface area contributed by atoms with Crippen LogP contribution in [0.1, 0.15) is 19.4 Å². The van der Waals surface area contributed by atoms with E-state index < -0.39 is 0 Å². The van der Waals surface area contributed by atoms with Gasteiger partial charge in [-0.15, -0.1) is 0 Å². The molecular weight excluding hydrogens is 198 g/mol. The van der Waals surface area contributed by atoms with Crippen LogP contribution in [-0.4, -0.2) is 25.1 Å². The number of ether oxygens (including phenoxy) is 1. The van der Waals surface area contributed by atoms with Gasteiger partial charge < -0.3 is 4.74 Å². The summed E-state index contributed by atoms with van der Waals surface area (Å²) in [5.41, 5.74) is 2.51. The molecule has 0 spiro atoms. The smallest absolute Gasteiger partial charge is 0.118 e. The first-order chi connectivity index (χ1) is 7.65. The second-order valence-electron chi connectivity index (χ2n) is 4.11. The molecule has 0 amide bonds. The van der Waals surface area contributed by atoms with Gasteiger partial charge in [0.15, 0.2) is 0 Å². The summed E-state index contributed by atoms with van der Waals surface area (Å²) in [6.07, 6.45) is 0. The minimum atomic E-state index is 0.909. The highest BCUT2D eigenvalue weighted by molar-refractivity contribution is 5.27. The molecule has 88 valence electrons. The fraction of sp³-hybridized carbons (Fsp3) is 0.429. The molecule has 0 unspecified atom stereocenters. The van der Waals surface area contributed by atoms with Gasteiger partial charge in [-0.2, -0.15) is 0 Å². The second-order valence-corrected chi connectivity index (χ2v) is 4.11. The highest BCUT2D eigenvalue weighted by atomic mass is 16.5. The summed E-state index contributed by atoms with van der Waals surface area (Å²) in [6.45, 7) is 11.2. The summed E-state index contributed by atoms with van der Waals surface area (Å²) < 4.78 is 5.14. The Kier molecular flexibility index (Phi) is 5.06. The van der Waals surface area contributed by atoms with Crippen LogP contribution >= 0.6 is 0 Å². The maximum absolute atomic E-state index is 5.14. The van der Waals surface area contributed by atoms with Crippen LogP contribution in [0.25, 0.3) is 0 Å². The SMILES string of the molecule is C=C(C)CN(CC)Cc1ccc(OC)cc1. The van der Waals surface area contributed by atoms with Crippen LogP contribution < -0.4 is 4.74 Å². The lowest BCUT2D eigenvalue weighted by Crippen LogP contribution is -2.24. The van der Waals surface area contributed by atoms with Gasteiger partial charge in [0.1, 0.15) is 5.75 Å². The highest BCUT2D eigenvalue weighted by Gasteiger charge is 2.03. The summed E-state index contributed by atoms with van der Waals surface area (Å²) in [5, 5.41) is 0. The van der Waals surface area contributed by atoms with Crippen LogP contribution in [0.5, 0.6) is 5.75 Å². The third-order valence-electron chi connectivity index (χ3n) is 2.51. The topological polar surface area (TPSA) is 12.5 Å². The summed E-state index contributed by atoms with van der Waals surface area (Å²) in [6, 6.07) is 8.23. The van der Waals surface area contributed by atoms with Crippen molar-refractivity contribution in [3.63, 3.8) is 0 Å². The van der Waals surface area contributed by atoms with Gasteiger partial charge in [0.25, 0.3) is 0 Å². The molecule has 2 heteroatoms. The number of methoxy groups -OCH3 is 1. The predicted molar refractivity (Wildman–Crippen MR) is 68.8 cm³/mol. The van der Waals surface area contributed by atoms with Crippen molar-refractivity contribution in [2.45, 2.75) is 20.4 Å². The van der Waals surface area contributed by atoms with Crippen molar-refractivity contribution >= 4 is 0 Å². The monoisotopic (exact) mass is 219 g/mol. The summed E-state index contributed by atoms with van der Waals surface area (Å²) in [7, 11) is 1.69. The van der Waals surface area contributed by atoms with E-state index in [4.69, 9.17) is 4.74 Å². The predicted octanol–water partition coefficient (Wildman–Crippen LogP) is 3.09. The van der Waals surface area contributed by atoms with Gasteiger partial charge in [-0.3, -0.25) is 4.90 Å². The van der Waals surface area contributed by atoms with Crippen LogP contribution in [0.2, 0.25) is 0 Å². The van der Waals surface area contributed by atoms with Crippen molar-refractivity contribution < 1.29 is 4.74 Å². The zero-order chi connectivity index (χ0) is 12.0. The quantitative estimate of drug-likeness (QED) is 0.682. The van der Waals surface area contributed by atoms with Crippen molar-refractivity contribution in [3.05, 3.63) is 42.0 Å². The molecule has 0 aliphatic heterocycles. The first-order valence-corrected chi connectivity index (χ1v) is 5.65. The fourth-order valence-electron chi connectivity index (χ4n) is 1.65. The maximum Gasteiger partial charge on any atom is 0.118 e. The first kappa shape index (κ1) is 12.8. The fourth-order valence-corrected chi connectivity index (χ4v) is 1.65. The summed E-state index contributed by atoms with van der Waals surface area (Å²) in [4.78, 5) is 2.37. The van der Waals surface area contributed by atoms with E-state index in [0.29, 0.717) is 0 Å². The largest absolute Gasteiger partial charge is 0.497 e. The molecule has 0 aliphatic carbocycles. The van der Waals surface area contributed by atoms with Gasteiger partial charge in [-0.1, -0.05) is 31.2 Å². The minimum Gasteiger partial charge on any atom is -0.497 e. The Morgan fingerprint density at radius 2 is 1.94 bits per heavy atom. The van der Waals surface area contributed by atoms with Gasteiger partial charge in [0.05, 0.1) is 7.11 Å². The van der Waals surface area contributed by atoms with Gasteiger partial charge in [-0.05, 0) is 31.2 Å². The lowest BCUT2D eigenvalue weighted by molar-refractivity contribution is 0.304. The Balaban J connectivity index is 2.59. The van der Waals surface area contributed by atoms with Gasteiger partial charge in [-0.25, -0.2) is 0 Å². The normalized spacial score (nSPS) is 10.5. The molecule has 0 N–H and O–H groups in total. The number of hydrogen-bond acceptors (Lipinski definition) is 2. The Hall–Kier alpha value is -1.28. The van der Waals surface area contributed by atoms with E-state index >= 15 is 0 Å². The molecule has 0 aromatic heterocycles. The minimum absolute atomic E-state index is 0.909. The number of likely N-dealkylation sites (N-methyl/N-ethyl adjacent to an activating group) is 1. The van der Waals surface area contributed by atoms with Crippen molar-refractivity contribution in [1.82, 2.24) is 4.90 Å². The van der Waals surface area contributed by atoms with Crippen molar-refractivity contribution in [3.8, 4) is 5.75 Å². The van der Waals surface area contributed by atoms with E-state index in [2.05, 4.69) is 37.5 Å². The Bertz CT molecular complexity index is 329. The lowest BCUT2D eigenvalue weighted by atomic mass is 10.2. The van der Waals surface area contributed by atoms with Crippen LogP contribution in [0.4, 0.5) is 0 Å². The number of nitrogens with zero attached hydrogens (tertiary/aromatic N) is 1. The Morgan fingerprint density at radius 1 is 1.31 bits per heavy atom. The molecule has 0 heterocycles. The average molecular weight is 219 g/mol. The van der Waals surface area contributed by atoms with E-state index in [0.717, 1.165) is 25.4 Å². The molecule has 1 aromatic rings. The van der Waals surface area contributed by atoms with Crippen LogP contribution in [-0.2, 0) is 6.54 Å². The number of rotatable bonds is 6. The van der Waals surface area contributed by atoms with E-state index in [1.807, 2.05) is 12.1 Å². The van der Waals surface area contributed by atoms with Gasteiger partial charge >= 0.3 is 0 Å². The van der Waals surface area contributed by atoms with Gasteiger partial charge in [0.2, 0.25) is 0 Å². The Labute approximate surface area is 98.5 Å². The zero-order valence-corrected chi connectivity index (χ0v) is 10.5. The van der Waals surface area contributed by atoms with Crippen LogP contribution in [0.3, 0.4) is 0 Å². The second kappa shape index (κ2) is 6.33. The molecule has 0 radical (unpaired) electrons. The molecule has 0 aliphatic rings. The first-order valence-electron chi connectivity index (χ1n) is 5.65. The number of hydrogen-bond donors (Lipinski definition) is 0. The Morgan fingerprint density at radius 3 is 2.38 bits per heavy atom. The van der Waals surface area contributed by atoms with Crippen LogP contribution in [0.15, 0.2) is 36.4 Å². The maximum atomic E-state index is 5.14. The molecule has 0 atom stereocenters. The summed E-state index contributed by atoms with van der Waals surface area (Å²) >= 11 is 0. The van der Waals surface area contributed by atoms with Crippen molar-refractivity contribution in [2.75, 3.05) is 20.2 Å². The molecule has 0 bridgehead atoms. The molecule has 1 rings (SSSR count).